The van der Waals surface area contributed by atoms with Gasteiger partial charge in [0.1, 0.15) is 18.2 Å². The maximum Gasteiger partial charge on any atom is 0.240 e. The van der Waals surface area contributed by atoms with Gasteiger partial charge in [0.15, 0.2) is 0 Å². The van der Waals surface area contributed by atoms with Crippen molar-refractivity contribution in [3.05, 3.63) is 101 Å². The number of halogens is 2. The first-order valence-electron chi connectivity index (χ1n) is 12.3. The van der Waals surface area contributed by atoms with Gasteiger partial charge >= 0.3 is 0 Å². The van der Waals surface area contributed by atoms with Crippen molar-refractivity contribution in [3.8, 4) is 16.9 Å². The Labute approximate surface area is 234 Å². The lowest BCUT2D eigenvalue weighted by Crippen LogP contribution is -2.43. The Hall–Kier alpha value is -3.66. The van der Waals surface area contributed by atoms with Crippen LogP contribution in [0.2, 0.25) is 5.02 Å². The second kappa shape index (κ2) is 12.0. The van der Waals surface area contributed by atoms with Crippen LogP contribution in [0.15, 0.2) is 78.9 Å². The lowest BCUT2D eigenvalue weighted by Gasteiger charge is -2.23. The van der Waals surface area contributed by atoms with Gasteiger partial charge in [-0.15, -0.1) is 11.8 Å². The van der Waals surface area contributed by atoms with Gasteiger partial charge in [-0.2, -0.15) is 5.10 Å². The van der Waals surface area contributed by atoms with E-state index in [1.54, 1.807) is 30.0 Å². The molecular formula is C29H26ClFN4O3S. The molecule has 1 N–H and O–H groups in total. The molecule has 5 rings (SSSR count). The number of carbonyl (C=O) groups is 2. The number of rotatable bonds is 8. The van der Waals surface area contributed by atoms with Crippen LogP contribution in [0.5, 0.6) is 0 Å². The quantitative estimate of drug-likeness (QED) is 0.295. The van der Waals surface area contributed by atoms with Gasteiger partial charge < -0.3 is 10.1 Å². The molecule has 0 aliphatic carbocycles. The summed E-state index contributed by atoms with van der Waals surface area (Å²) in [4.78, 5) is 28.1. The maximum absolute atomic E-state index is 13.9. The third kappa shape index (κ3) is 5.85. The second-order valence-electron chi connectivity index (χ2n) is 8.91. The minimum atomic E-state index is -0.391. The summed E-state index contributed by atoms with van der Waals surface area (Å²) in [5.74, 6) is -0.365. The summed E-state index contributed by atoms with van der Waals surface area (Å²) in [6, 6.07) is 23.1. The van der Waals surface area contributed by atoms with Crippen molar-refractivity contribution < 1.29 is 18.7 Å². The van der Waals surface area contributed by atoms with Crippen LogP contribution in [-0.2, 0) is 14.3 Å². The molecule has 10 heteroatoms. The molecule has 0 fully saturated rings. The number of carbonyl (C=O) groups excluding carboxylic acids is 2. The van der Waals surface area contributed by atoms with Crippen molar-refractivity contribution in [3.63, 3.8) is 0 Å². The summed E-state index contributed by atoms with van der Waals surface area (Å²) in [6.07, 6.45) is 0. The number of benzene rings is 3. The van der Waals surface area contributed by atoms with Crippen LogP contribution in [-0.4, -0.2) is 54.2 Å². The van der Waals surface area contributed by atoms with Gasteiger partial charge in [-0.25, -0.2) is 9.07 Å². The topological polar surface area (TPSA) is 76.5 Å². The standard InChI is InChI=1S/C29H26ClFN4O3S/c1-38-15-14-32-24(36)17-34-25(37)18-39-28(20-8-5-9-21(30)16-20)26-27(19-6-3-2-4-7-19)33-35(29(26)34)23-12-10-22(31)11-13-23/h2-13,16,28H,14-15,17-18H2,1H3,(H,32,36). The highest BCUT2D eigenvalue weighted by Crippen LogP contribution is 2.48. The first-order valence-corrected chi connectivity index (χ1v) is 13.8. The molecule has 0 saturated carbocycles. The summed E-state index contributed by atoms with van der Waals surface area (Å²) in [5.41, 5.74) is 3.74. The second-order valence-corrected chi connectivity index (χ2v) is 10.4. The highest BCUT2D eigenvalue weighted by molar-refractivity contribution is 8.00. The predicted octanol–water partition coefficient (Wildman–Crippen LogP) is 5.26. The van der Waals surface area contributed by atoms with Gasteiger partial charge in [-0.05, 0) is 42.0 Å². The van der Waals surface area contributed by atoms with E-state index < -0.39 is 5.82 Å². The van der Waals surface area contributed by atoms with Gasteiger partial charge in [0.05, 0.1) is 29.0 Å². The number of aromatic nitrogens is 2. The Balaban J connectivity index is 1.75. The number of fused-ring (bicyclic) bond motifs is 1. The molecule has 1 aliphatic rings. The van der Waals surface area contributed by atoms with Crippen LogP contribution in [0.1, 0.15) is 16.4 Å². The van der Waals surface area contributed by atoms with Gasteiger partial charge in [0.2, 0.25) is 11.8 Å². The lowest BCUT2D eigenvalue weighted by molar-refractivity contribution is -0.123. The normalized spacial score (nSPS) is 15.1. The number of ether oxygens (including phenoxy) is 1. The van der Waals surface area contributed by atoms with Crippen molar-refractivity contribution in [2.24, 2.45) is 0 Å². The molecule has 0 saturated heterocycles. The average molecular weight is 565 g/mol. The molecule has 2 amide bonds. The van der Waals surface area contributed by atoms with E-state index in [1.807, 2.05) is 48.5 Å². The lowest BCUT2D eigenvalue weighted by atomic mass is 9.99. The molecule has 200 valence electrons. The van der Waals surface area contributed by atoms with Gasteiger partial charge in [0, 0.05) is 29.8 Å². The number of nitrogens with zero attached hydrogens (tertiary/aromatic N) is 3. The molecule has 4 aromatic rings. The summed E-state index contributed by atoms with van der Waals surface area (Å²) >= 11 is 7.84. The highest BCUT2D eigenvalue weighted by atomic mass is 35.5. The molecule has 3 aromatic carbocycles. The first kappa shape index (κ1) is 26.9. The predicted molar refractivity (Wildman–Crippen MR) is 152 cm³/mol. The smallest absolute Gasteiger partial charge is 0.240 e. The zero-order chi connectivity index (χ0) is 27.4. The Bertz CT molecular complexity index is 1480. The van der Waals surface area contributed by atoms with E-state index in [2.05, 4.69) is 5.32 Å². The van der Waals surface area contributed by atoms with Crippen molar-refractivity contribution in [2.75, 3.05) is 37.5 Å². The van der Waals surface area contributed by atoms with Crippen molar-refractivity contribution in [2.45, 2.75) is 5.25 Å². The largest absolute Gasteiger partial charge is 0.383 e. The van der Waals surface area contributed by atoms with Gasteiger partial charge in [0.25, 0.3) is 0 Å². The number of nitrogens with one attached hydrogen (secondary N) is 1. The SMILES string of the molecule is COCCNC(=O)CN1C(=O)CSC(c2cccc(Cl)c2)c2c(-c3ccccc3)nn(-c3ccc(F)cc3)c21. The molecule has 1 atom stereocenters. The van der Waals surface area contributed by atoms with E-state index in [4.69, 9.17) is 21.4 Å². The van der Waals surface area contributed by atoms with Crippen LogP contribution in [0.4, 0.5) is 10.2 Å². The van der Waals surface area contributed by atoms with Crippen LogP contribution in [0, 0.1) is 5.82 Å². The number of methoxy groups -OCH3 is 1. The van der Waals surface area contributed by atoms with Crippen molar-refractivity contribution in [1.29, 1.82) is 0 Å². The minimum absolute atomic E-state index is 0.134. The van der Waals surface area contributed by atoms with Crippen LogP contribution >= 0.6 is 23.4 Å². The zero-order valence-corrected chi connectivity index (χ0v) is 22.7. The molecule has 1 aliphatic heterocycles. The van der Waals surface area contributed by atoms with E-state index in [9.17, 15) is 14.0 Å². The van der Waals surface area contributed by atoms with Crippen LogP contribution in [0.25, 0.3) is 16.9 Å². The Kier molecular flexibility index (Phi) is 8.30. The molecule has 0 radical (unpaired) electrons. The molecule has 1 aromatic heterocycles. The van der Waals surface area contributed by atoms with E-state index in [1.165, 1.54) is 28.8 Å². The number of hydrogen-bond acceptors (Lipinski definition) is 5. The van der Waals surface area contributed by atoms with E-state index in [-0.39, 0.29) is 29.4 Å². The Morgan fingerprint density at radius 3 is 2.62 bits per heavy atom. The Morgan fingerprint density at radius 1 is 1.13 bits per heavy atom. The summed E-state index contributed by atoms with van der Waals surface area (Å²) < 4.78 is 20.5. The highest BCUT2D eigenvalue weighted by Gasteiger charge is 2.37. The number of anilines is 1. The average Bonchev–Trinajstić information content (AvgIpc) is 3.26. The van der Waals surface area contributed by atoms with Crippen molar-refractivity contribution in [1.82, 2.24) is 15.1 Å². The van der Waals surface area contributed by atoms with Crippen molar-refractivity contribution >= 4 is 41.0 Å². The monoisotopic (exact) mass is 564 g/mol. The molecule has 1 unspecified atom stereocenters. The molecule has 2 heterocycles. The zero-order valence-electron chi connectivity index (χ0n) is 21.1. The van der Waals surface area contributed by atoms with Gasteiger partial charge in [-0.3, -0.25) is 14.5 Å². The van der Waals surface area contributed by atoms with E-state index in [0.29, 0.717) is 35.4 Å². The van der Waals surface area contributed by atoms with Crippen LogP contribution < -0.4 is 10.2 Å². The minimum Gasteiger partial charge on any atom is -0.383 e. The summed E-state index contributed by atoms with van der Waals surface area (Å²) in [6.45, 7) is 0.458. The number of thioether (sulfide) groups is 1. The molecule has 7 nitrogen and oxygen atoms in total. The number of hydrogen-bond donors (Lipinski definition) is 1. The molecule has 0 bridgehead atoms. The molecular weight excluding hydrogens is 539 g/mol. The van der Waals surface area contributed by atoms with Gasteiger partial charge in [-0.1, -0.05) is 54.1 Å². The summed E-state index contributed by atoms with van der Waals surface area (Å²) in [7, 11) is 1.55. The first-order chi connectivity index (χ1) is 19.0. The van der Waals surface area contributed by atoms with E-state index >= 15 is 0 Å². The van der Waals surface area contributed by atoms with Crippen LogP contribution in [0.3, 0.4) is 0 Å². The number of amides is 2. The maximum atomic E-state index is 13.9. The summed E-state index contributed by atoms with van der Waals surface area (Å²) in [5, 5.41) is 8.03. The fourth-order valence-electron chi connectivity index (χ4n) is 4.52. The fraction of sp³-hybridized carbons (Fsp3) is 0.207. The van der Waals surface area contributed by atoms with E-state index in [0.717, 1.165) is 16.7 Å². The molecule has 0 spiro atoms. The third-order valence-electron chi connectivity index (χ3n) is 6.29. The molecule has 39 heavy (non-hydrogen) atoms. The third-order valence-corrected chi connectivity index (χ3v) is 7.78. The Morgan fingerprint density at radius 2 is 1.90 bits per heavy atom. The fourth-order valence-corrected chi connectivity index (χ4v) is 5.90.